The molecule has 1 aromatic carbocycles. The second-order valence-corrected chi connectivity index (χ2v) is 5.20. The van der Waals surface area contributed by atoms with E-state index < -0.39 is 0 Å². The molecule has 0 radical (unpaired) electrons. The van der Waals surface area contributed by atoms with E-state index in [9.17, 15) is 4.39 Å². The summed E-state index contributed by atoms with van der Waals surface area (Å²) in [6, 6.07) is 5.57. The van der Waals surface area contributed by atoms with E-state index in [-0.39, 0.29) is 11.2 Å². The van der Waals surface area contributed by atoms with Gasteiger partial charge < -0.3 is 5.32 Å². The number of nitrogens with one attached hydrogen (secondary N) is 1. The topological polar surface area (TPSA) is 12.0 Å². The second kappa shape index (κ2) is 4.21. The highest BCUT2D eigenvalue weighted by Gasteiger charge is 2.19. The average Bonchev–Trinajstić information content (AvgIpc) is 2.10. The number of hydrogen-bond donors (Lipinski definition) is 1. The zero-order valence-electron chi connectivity index (χ0n) is 10.2. The number of benzene rings is 1. The molecule has 0 amide bonds. The minimum atomic E-state index is -0.152. The first-order valence-corrected chi connectivity index (χ1v) is 5.33. The Labute approximate surface area is 91.7 Å². The zero-order chi connectivity index (χ0) is 11.6. The standard InChI is InChI=1S/C13H20FN/c1-9-6-7-11(8-12(9)14)15-10(2)13(3,4)5/h6-8,10,15H,1-5H3. The van der Waals surface area contributed by atoms with Gasteiger partial charge in [0.15, 0.2) is 0 Å². The van der Waals surface area contributed by atoms with E-state index in [1.807, 2.05) is 6.07 Å². The monoisotopic (exact) mass is 209 g/mol. The van der Waals surface area contributed by atoms with Gasteiger partial charge in [-0.3, -0.25) is 0 Å². The van der Waals surface area contributed by atoms with E-state index >= 15 is 0 Å². The molecule has 0 bridgehead atoms. The van der Waals surface area contributed by atoms with Gasteiger partial charge in [0.2, 0.25) is 0 Å². The first kappa shape index (κ1) is 12.0. The van der Waals surface area contributed by atoms with Crippen LogP contribution in [0.1, 0.15) is 33.3 Å². The molecule has 1 N–H and O–H groups in total. The maximum Gasteiger partial charge on any atom is 0.128 e. The Morgan fingerprint density at radius 3 is 2.33 bits per heavy atom. The molecule has 1 nitrogen and oxygen atoms in total. The van der Waals surface area contributed by atoms with Crippen molar-refractivity contribution in [3.63, 3.8) is 0 Å². The summed E-state index contributed by atoms with van der Waals surface area (Å²) in [5.41, 5.74) is 1.70. The third-order valence-corrected chi connectivity index (χ3v) is 2.85. The van der Waals surface area contributed by atoms with E-state index in [4.69, 9.17) is 0 Å². The van der Waals surface area contributed by atoms with Gasteiger partial charge in [0.05, 0.1) is 0 Å². The highest BCUT2D eigenvalue weighted by Crippen LogP contribution is 2.23. The summed E-state index contributed by atoms with van der Waals surface area (Å²) in [5, 5.41) is 3.31. The molecule has 2 heteroatoms. The van der Waals surface area contributed by atoms with E-state index in [1.165, 1.54) is 0 Å². The lowest BCUT2D eigenvalue weighted by Crippen LogP contribution is -2.30. The molecular weight excluding hydrogens is 189 g/mol. The smallest absolute Gasteiger partial charge is 0.128 e. The van der Waals surface area contributed by atoms with Crippen LogP contribution in [0.2, 0.25) is 0 Å². The van der Waals surface area contributed by atoms with Gasteiger partial charge in [0, 0.05) is 11.7 Å². The number of halogens is 1. The van der Waals surface area contributed by atoms with Crippen LogP contribution in [0.4, 0.5) is 10.1 Å². The van der Waals surface area contributed by atoms with E-state index in [0.717, 1.165) is 5.69 Å². The predicted octanol–water partition coefficient (Wildman–Crippen LogP) is 3.98. The lowest BCUT2D eigenvalue weighted by Gasteiger charge is -2.29. The highest BCUT2D eigenvalue weighted by atomic mass is 19.1. The van der Waals surface area contributed by atoms with Gasteiger partial charge in [-0.2, -0.15) is 0 Å². The van der Waals surface area contributed by atoms with Crippen molar-refractivity contribution in [1.82, 2.24) is 0 Å². The van der Waals surface area contributed by atoms with E-state index in [0.29, 0.717) is 11.6 Å². The summed E-state index contributed by atoms with van der Waals surface area (Å²) in [6.07, 6.45) is 0. The van der Waals surface area contributed by atoms with Gasteiger partial charge in [-0.05, 0) is 37.0 Å². The van der Waals surface area contributed by atoms with Crippen molar-refractivity contribution < 1.29 is 4.39 Å². The predicted molar refractivity (Wildman–Crippen MR) is 63.7 cm³/mol. The van der Waals surface area contributed by atoms with Crippen LogP contribution in [0.25, 0.3) is 0 Å². The van der Waals surface area contributed by atoms with Gasteiger partial charge >= 0.3 is 0 Å². The Bertz CT molecular complexity index is 339. The summed E-state index contributed by atoms with van der Waals surface area (Å²) in [6.45, 7) is 10.4. The van der Waals surface area contributed by atoms with Crippen LogP contribution in [0, 0.1) is 18.2 Å². The lowest BCUT2D eigenvalue weighted by atomic mass is 9.88. The molecule has 0 spiro atoms. The van der Waals surface area contributed by atoms with Gasteiger partial charge in [0.25, 0.3) is 0 Å². The maximum atomic E-state index is 13.3. The minimum Gasteiger partial charge on any atom is -0.382 e. The minimum absolute atomic E-state index is 0.152. The molecule has 0 aliphatic carbocycles. The lowest BCUT2D eigenvalue weighted by molar-refractivity contribution is 0.359. The number of aryl methyl sites for hydroxylation is 1. The molecule has 0 saturated carbocycles. The molecule has 15 heavy (non-hydrogen) atoms. The van der Waals surface area contributed by atoms with Gasteiger partial charge in [-0.25, -0.2) is 4.39 Å². The van der Waals surface area contributed by atoms with Gasteiger partial charge in [0.1, 0.15) is 5.82 Å². The molecule has 1 rings (SSSR count). The first-order chi connectivity index (χ1) is 6.80. The van der Waals surface area contributed by atoms with Crippen LogP contribution in [0.5, 0.6) is 0 Å². The van der Waals surface area contributed by atoms with Gasteiger partial charge in [-0.15, -0.1) is 0 Å². The zero-order valence-corrected chi connectivity index (χ0v) is 10.2. The normalized spacial score (nSPS) is 13.7. The van der Waals surface area contributed by atoms with Crippen molar-refractivity contribution in [2.24, 2.45) is 5.41 Å². The number of rotatable bonds is 2. The fourth-order valence-corrected chi connectivity index (χ4v) is 1.15. The van der Waals surface area contributed by atoms with Crippen molar-refractivity contribution in [1.29, 1.82) is 0 Å². The quantitative estimate of drug-likeness (QED) is 0.776. The Morgan fingerprint density at radius 2 is 1.87 bits per heavy atom. The number of anilines is 1. The summed E-state index contributed by atoms with van der Waals surface area (Å²) in [4.78, 5) is 0. The first-order valence-electron chi connectivity index (χ1n) is 5.33. The van der Waals surface area contributed by atoms with Crippen molar-refractivity contribution in [3.8, 4) is 0 Å². The molecule has 1 aromatic rings. The third kappa shape index (κ3) is 3.22. The molecular formula is C13H20FN. The average molecular weight is 209 g/mol. The molecule has 0 saturated heterocycles. The van der Waals surface area contributed by atoms with E-state index in [1.54, 1.807) is 19.1 Å². The molecule has 0 aliphatic heterocycles. The van der Waals surface area contributed by atoms with Crippen LogP contribution in [0.15, 0.2) is 18.2 Å². The van der Waals surface area contributed by atoms with Crippen molar-refractivity contribution in [2.45, 2.75) is 40.7 Å². The molecule has 0 aromatic heterocycles. The summed E-state index contributed by atoms with van der Waals surface area (Å²) in [7, 11) is 0. The highest BCUT2D eigenvalue weighted by molar-refractivity contribution is 5.46. The Kier molecular flexibility index (Phi) is 3.38. The summed E-state index contributed by atoms with van der Waals surface area (Å²) < 4.78 is 13.3. The van der Waals surface area contributed by atoms with Crippen molar-refractivity contribution >= 4 is 5.69 Å². The maximum absolute atomic E-state index is 13.3. The largest absolute Gasteiger partial charge is 0.382 e. The van der Waals surface area contributed by atoms with Crippen LogP contribution >= 0.6 is 0 Å². The summed E-state index contributed by atoms with van der Waals surface area (Å²) in [5.74, 6) is -0.152. The SMILES string of the molecule is Cc1ccc(NC(C)C(C)(C)C)cc1F. The van der Waals surface area contributed by atoms with Crippen molar-refractivity contribution in [2.75, 3.05) is 5.32 Å². The number of hydrogen-bond acceptors (Lipinski definition) is 1. The third-order valence-electron chi connectivity index (χ3n) is 2.85. The fraction of sp³-hybridized carbons (Fsp3) is 0.538. The van der Waals surface area contributed by atoms with Crippen molar-refractivity contribution in [3.05, 3.63) is 29.6 Å². The molecule has 0 fully saturated rings. The van der Waals surface area contributed by atoms with Crippen LogP contribution < -0.4 is 5.32 Å². The molecule has 84 valence electrons. The fourth-order valence-electron chi connectivity index (χ4n) is 1.15. The van der Waals surface area contributed by atoms with Crippen LogP contribution in [0.3, 0.4) is 0 Å². The van der Waals surface area contributed by atoms with E-state index in [2.05, 4.69) is 33.0 Å². The molecule has 0 heterocycles. The van der Waals surface area contributed by atoms with Crippen LogP contribution in [-0.2, 0) is 0 Å². The van der Waals surface area contributed by atoms with Gasteiger partial charge in [-0.1, -0.05) is 26.8 Å². The van der Waals surface area contributed by atoms with Crippen LogP contribution in [-0.4, -0.2) is 6.04 Å². The molecule has 0 aliphatic rings. The molecule has 1 unspecified atom stereocenters. The Balaban J connectivity index is 2.78. The second-order valence-electron chi connectivity index (χ2n) is 5.20. The molecule has 1 atom stereocenters. The Hall–Kier alpha value is -1.05. The summed E-state index contributed by atoms with van der Waals surface area (Å²) >= 11 is 0. The Morgan fingerprint density at radius 1 is 1.27 bits per heavy atom.